The smallest absolute Gasteiger partial charge is 0.384 e. The molecular formula is C32H26ClF4N3OS. The van der Waals surface area contributed by atoms with Crippen LogP contribution in [0.4, 0.5) is 23.2 Å². The van der Waals surface area contributed by atoms with Crippen molar-refractivity contribution >= 4 is 34.8 Å². The predicted octanol–water partition coefficient (Wildman–Crippen LogP) is 8.71. The van der Waals surface area contributed by atoms with E-state index >= 15 is 0 Å². The maximum Gasteiger partial charge on any atom is 0.416 e. The van der Waals surface area contributed by atoms with Crippen molar-refractivity contribution in [1.29, 1.82) is 5.26 Å². The van der Waals surface area contributed by atoms with E-state index in [9.17, 15) is 27.6 Å². The highest BCUT2D eigenvalue weighted by molar-refractivity contribution is 7.98. The molecule has 0 radical (unpaired) electrons. The molecule has 1 atom stereocenters. The van der Waals surface area contributed by atoms with Gasteiger partial charge in [0.05, 0.1) is 33.8 Å². The number of ketones is 1. The lowest BCUT2D eigenvalue weighted by molar-refractivity contribution is -0.137. The first-order valence-electron chi connectivity index (χ1n) is 13.2. The summed E-state index contributed by atoms with van der Waals surface area (Å²) in [5.74, 6) is -0.782. The zero-order valence-corrected chi connectivity index (χ0v) is 24.4. The summed E-state index contributed by atoms with van der Waals surface area (Å²) in [7, 11) is 0. The maximum atomic E-state index is 13.6. The number of alkyl halides is 3. The molecule has 10 heteroatoms. The van der Waals surface area contributed by atoms with E-state index < -0.39 is 17.7 Å². The van der Waals surface area contributed by atoms with E-state index in [-0.39, 0.29) is 40.1 Å². The van der Waals surface area contributed by atoms with Crippen LogP contribution in [-0.2, 0) is 16.7 Å². The molecule has 5 rings (SSSR count). The van der Waals surface area contributed by atoms with Gasteiger partial charge in [0.15, 0.2) is 5.78 Å². The SMILES string of the molecule is Cc1cc(C)c(C2C(C#N)=C(N)N(c3cc(C(F)(F)F)ccc3Cl)C3=C2C(=O)CCC3)cc1CSc1ccc(F)cc1. The minimum absolute atomic E-state index is 0.0122. The summed E-state index contributed by atoms with van der Waals surface area (Å²) in [6, 6.07) is 15.2. The lowest BCUT2D eigenvalue weighted by Crippen LogP contribution is -2.39. The fourth-order valence-corrected chi connectivity index (χ4v) is 6.77. The second kappa shape index (κ2) is 11.5. The fraction of sp³-hybridized carbons (Fsp3) is 0.250. The first-order valence-corrected chi connectivity index (χ1v) is 14.6. The topological polar surface area (TPSA) is 70.1 Å². The first kappa shape index (κ1) is 29.7. The Morgan fingerprint density at radius 3 is 2.45 bits per heavy atom. The molecule has 216 valence electrons. The Hall–Kier alpha value is -3.74. The molecule has 0 fully saturated rings. The molecule has 3 aromatic carbocycles. The highest BCUT2D eigenvalue weighted by atomic mass is 35.5. The van der Waals surface area contributed by atoms with Crippen LogP contribution in [0, 0.1) is 31.0 Å². The largest absolute Gasteiger partial charge is 0.416 e. The highest BCUT2D eigenvalue weighted by Gasteiger charge is 2.42. The molecule has 1 unspecified atom stereocenters. The van der Waals surface area contributed by atoms with Crippen molar-refractivity contribution in [3.8, 4) is 6.07 Å². The molecule has 0 aromatic heterocycles. The Balaban J connectivity index is 1.65. The minimum atomic E-state index is -4.63. The van der Waals surface area contributed by atoms with Crippen molar-refractivity contribution in [3.05, 3.63) is 116 Å². The average molecular weight is 612 g/mol. The van der Waals surface area contributed by atoms with Crippen LogP contribution in [0.2, 0.25) is 5.02 Å². The number of rotatable bonds is 5. The van der Waals surface area contributed by atoms with Gasteiger partial charge in [-0.15, -0.1) is 11.8 Å². The number of nitrogens with zero attached hydrogens (tertiary/aromatic N) is 2. The number of allylic oxidation sites excluding steroid dienone is 3. The Morgan fingerprint density at radius 1 is 1.07 bits per heavy atom. The van der Waals surface area contributed by atoms with Crippen LogP contribution in [-0.4, -0.2) is 5.78 Å². The zero-order chi connectivity index (χ0) is 30.3. The van der Waals surface area contributed by atoms with Crippen LogP contribution in [0.5, 0.6) is 0 Å². The number of carbonyl (C=O) groups is 1. The van der Waals surface area contributed by atoms with Crippen molar-refractivity contribution in [2.24, 2.45) is 5.73 Å². The number of thioether (sulfide) groups is 1. The van der Waals surface area contributed by atoms with Crippen LogP contribution in [0.3, 0.4) is 0 Å². The molecule has 2 N–H and O–H groups in total. The van der Waals surface area contributed by atoms with Crippen molar-refractivity contribution in [2.75, 3.05) is 4.90 Å². The van der Waals surface area contributed by atoms with Crippen LogP contribution < -0.4 is 10.6 Å². The number of hydrogen-bond acceptors (Lipinski definition) is 5. The van der Waals surface area contributed by atoms with Crippen molar-refractivity contribution in [3.63, 3.8) is 0 Å². The predicted molar refractivity (Wildman–Crippen MR) is 156 cm³/mol. The van der Waals surface area contributed by atoms with Gasteiger partial charge in [0.25, 0.3) is 0 Å². The Morgan fingerprint density at radius 2 is 1.79 bits per heavy atom. The number of anilines is 1. The molecule has 0 bridgehead atoms. The van der Waals surface area contributed by atoms with Gasteiger partial charge in [-0.3, -0.25) is 9.69 Å². The molecule has 1 aliphatic carbocycles. The molecule has 3 aromatic rings. The summed E-state index contributed by atoms with van der Waals surface area (Å²) in [5, 5.41) is 10.4. The molecular weight excluding hydrogens is 586 g/mol. The summed E-state index contributed by atoms with van der Waals surface area (Å²) in [4.78, 5) is 15.8. The number of halogens is 5. The van der Waals surface area contributed by atoms with Gasteiger partial charge in [0.1, 0.15) is 11.6 Å². The van der Waals surface area contributed by atoms with Gasteiger partial charge >= 0.3 is 6.18 Å². The zero-order valence-electron chi connectivity index (χ0n) is 22.8. The second-order valence-corrected chi connectivity index (χ2v) is 11.8. The lowest BCUT2D eigenvalue weighted by atomic mass is 9.74. The minimum Gasteiger partial charge on any atom is -0.384 e. The summed E-state index contributed by atoms with van der Waals surface area (Å²) in [6.45, 7) is 3.87. The summed E-state index contributed by atoms with van der Waals surface area (Å²) in [5.41, 5.74) is 10.1. The van der Waals surface area contributed by atoms with Crippen molar-refractivity contribution in [1.82, 2.24) is 0 Å². The fourth-order valence-electron chi connectivity index (χ4n) is 5.61. The summed E-state index contributed by atoms with van der Waals surface area (Å²) >= 11 is 7.94. The van der Waals surface area contributed by atoms with E-state index in [1.165, 1.54) is 28.8 Å². The number of carbonyl (C=O) groups excluding carboxylic acids is 1. The molecule has 4 nitrogen and oxygen atoms in total. The van der Waals surface area contributed by atoms with Crippen molar-refractivity contribution in [2.45, 2.75) is 55.9 Å². The molecule has 0 saturated heterocycles. The average Bonchev–Trinajstić information content (AvgIpc) is 2.93. The Bertz CT molecular complexity index is 1690. The molecule has 0 saturated carbocycles. The number of nitriles is 1. The Kier molecular flexibility index (Phi) is 8.15. The quantitative estimate of drug-likeness (QED) is 0.231. The van der Waals surface area contributed by atoms with Gasteiger partial charge in [-0.1, -0.05) is 23.7 Å². The van der Waals surface area contributed by atoms with Crippen LogP contribution >= 0.6 is 23.4 Å². The number of hydrogen-bond donors (Lipinski definition) is 1. The molecule has 1 heterocycles. The van der Waals surface area contributed by atoms with Gasteiger partial charge in [-0.2, -0.15) is 18.4 Å². The molecule has 0 amide bonds. The number of nitrogens with two attached hydrogens (primary N) is 1. The monoisotopic (exact) mass is 611 g/mol. The summed E-state index contributed by atoms with van der Waals surface area (Å²) < 4.78 is 54.3. The molecule has 42 heavy (non-hydrogen) atoms. The van der Waals surface area contributed by atoms with E-state index in [4.69, 9.17) is 17.3 Å². The summed E-state index contributed by atoms with van der Waals surface area (Å²) in [6.07, 6.45) is -3.52. The van der Waals surface area contributed by atoms with E-state index in [1.807, 2.05) is 26.0 Å². The maximum absolute atomic E-state index is 13.6. The third-order valence-electron chi connectivity index (χ3n) is 7.67. The number of aryl methyl sites for hydroxylation is 2. The van der Waals surface area contributed by atoms with E-state index in [2.05, 4.69) is 6.07 Å². The highest BCUT2D eigenvalue weighted by Crippen LogP contribution is 2.49. The number of benzene rings is 3. The van der Waals surface area contributed by atoms with Crippen LogP contribution in [0.1, 0.15) is 53.0 Å². The second-order valence-electron chi connectivity index (χ2n) is 10.4. The van der Waals surface area contributed by atoms with Gasteiger partial charge in [-0.05, 0) is 91.4 Å². The van der Waals surface area contributed by atoms with E-state index in [0.717, 1.165) is 45.3 Å². The standard InChI is InChI=1S/C32H26ClF4N3OS/c1-17-12-18(2)23(13-19(17)16-42-22-9-7-21(34)8-10-22)29-24(15-38)31(39)40(26-4-3-5-28(41)30(26)29)27-14-20(32(35,36)37)6-11-25(27)33/h6-14,29H,3-5,16,39H2,1-2H3. The molecule has 1 aliphatic heterocycles. The molecule has 2 aliphatic rings. The van der Waals surface area contributed by atoms with Gasteiger partial charge in [0.2, 0.25) is 0 Å². The Labute approximate surface area is 250 Å². The van der Waals surface area contributed by atoms with Gasteiger partial charge < -0.3 is 5.73 Å². The third-order valence-corrected chi connectivity index (χ3v) is 9.05. The van der Waals surface area contributed by atoms with Crippen LogP contribution in [0.15, 0.2) is 82.2 Å². The van der Waals surface area contributed by atoms with E-state index in [0.29, 0.717) is 29.9 Å². The van der Waals surface area contributed by atoms with Crippen LogP contribution in [0.25, 0.3) is 0 Å². The van der Waals surface area contributed by atoms with Gasteiger partial charge in [-0.25, -0.2) is 4.39 Å². The normalized spacial score (nSPS) is 17.4. The third kappa shape index (κ3) is 5.53. The van der Waals surface area contributed by atoms with E-state index in [1.54, 1.807) is 12.1 Å². The van der Waals surface area contributed by atoms with Gasteiger partial charge in [0, 0.05) is 28.3 Å². The number of Topliss-reactive ketones (excluding diaryl/α,β-unsaturated/α-hetero) is 1. The van der Waals surface area contributed by atoms with Crippen molar-refractivity contribution < 1.29 is 22.4 Å². The lowest BCUT2D eigenvalue weighted by Gasteiger charge is -2.40. The first-order chi connectivity index (χ1) is 19.9. The molecule has 0 spiro atoms.